The van der Waals surface area contributed by atoms with E-state index in [1.54, 1.807) is 0 Å². The highest BCUT2D eigenvalue weighted by atomic mass is 32.1. The van der Waals surface area contributed by atoms with E-state index in [0.29, 0.717) is 13.2 Å². The molecule has 8 rings (SSSR count). The Hall–Kier alpha value is -6.03. The molecule has 0 spiro atoms. The second-order valence-electron chi connectivity index (χ2n) is 12.8. The van der Waals surface area contributed by atoms with E-state index in [1.165, 1.54) is 64.0 Å². The maximum Gasteiger partial charge on any atom is 0.239 e. The summed E-state index contributed by atoms with van der Waals surface area (Å²) in [6, 6.07) is 68.1. The molecule has 8 heteroatoms. The maximum atomic E-state index is 9.89. The van der Waals surface area contributed by atoms with Crippen LogP contribution >= 0.6 is 22.7 Å². The van der Waals surface area contributed by atoms with Gasteiger partial charge >= 0.3 is 0 Å². The van der Waals surface area contributed by atoms with E-state index in [2.05, 4.69) is 170 Å². The van der Waals surface area contributed by atoms with E-state index in [9.17, 15) is 4.32 Å². The fourth-order valence-electron chi connectivity index (χ4n) is 6.14. The summed E-state index contributed by atoms with van der Waals surface area (Å²) in [7, 11) is -3.17. The molecule has 0 saturated heterocycles. The third-order valence-electron chi connectivity index (χ3n) is 8.82. The summed E-state index contributed by atoms with van der Waals surface area (Å²) >= 11 is 3.63. The Morgan fingerprint density at radius 2 is 0.621 bits per heavy atom. The minimum Gasteiger partial charge on any atom is -0.867 e. The van der Waals surface area contributed by atoms with E-state index < -0.39 is 7.40 Å². The topological polar surface area (TPSA) is 64.6 Å². The summed E-state index contributed by atoms with van der Waals surface area (Å²) < 4.78 is 21.1. The van der Waals surface area contributed by atoms with Crippen molar-refractivity contribution in [2.24, 2.45) is 0 Å². The van der Waals surface area contributed by atoms with Crippen LogP contribution in [0.3, 0.4) is 0 Å². The Morgan fingerprint density at radius 1 is 0.379 bits per heavy atom. The average molecular weight is 801 g/mol. The van der Waals surface area contributed by atoms with Crippen LogP contribution in [0.15, 0.2) is 194 Å². The van der Waals surface area contributed by atoms with Gasteiger partial charge in [-0.3, -0.25) is 0 Å². The Morgan fingerprint density at radius 3 is 0.879 bits per heavy atom. The van der Waals surface area contributed by atoms with Crippen molar-refractivity contribution in [3.8, 4) is 75.5 Å². The molecule has 8 aromatic rings. The molecule has 0 aliphatic heterocycles. The predicted molar refractivity (Wildman–Crippen MR) is 239 cm³/mol. The van der Waals surface area contributed by atoms with Crippen molar-refractivity contribution in [1.82, 2.24) is 0 Å². The Balaban J connectivity index is 0.000000179. The van der Waals surface area contributed by atoms with E-state index in [4.69, 9.17) is 19.5 Å². The van der Waals surface area contributed by atoms with Gasteiger partial charge < -0.3 is 23.8 Å². The number of hydrogen-bond donors (Lipinski definition) is 0. The summed E-state index contributed by atoms with van der Waals surface area (Å²) in [4.78, 5) is 5.03. The zero-order chi connectivity index (χ0) is 40.5. The van der Waals surface area contributed by atoms with Crippen molar-refractivity contribution in [2.45, 2.75) is 13.8 Å². The smallest absolute Gasteiger partial charge is 0.239 e. The van der Waals surface area contributed by atoms with Gasteiger partial charge in [-0.05, 0) is 109 Å². The first-order valence-electron chi connectivity index (χ1n) is 19.0. The molecule has 0 saturated carbocycles. The number of halogens is 1. The lowest BCUT2D eigenvalue weighted by Gasteiger charge is -2.09. The molecular formula is C50H42BFO4S2. The third kappa shape index (κ3) is 12.0. The molecule has 0 aliphatic carbocycles. The van der Waals surface area contributed by atoms with Gasteiger partial charge in [-0.25, -0.2) is 0 Å². The number of rotatable bonds is 10. The molecular weight excluding hydrogens is 758 g/mol. The van der Waals surface area contributed by atoms with Crippen molar-refractivity contribution in [3.05, 3.63) is 194 Å². The molecule has 0 radical (unpaired) electrons. The van der Waals surface area contributed by atoms with Crippen LogP contribution in [0, 0.1) is 0 Å². The SMILES string of the molecule is CCOc1ccc(-c2cc(-c3ccccc3)cc(-c3ccccc3)[s+]2)cc1.CCOc1ccc(-c2cc(-c3ccccc3)cc(-c3ccccc3)[s+]2)cc1.[O-]B([O-])F. The lowest BCUT2D eigenvalue weighted by Crippen LogP contribution is -2.39. The van der Waals surface area contributed by atoms with Gasteiger partial charge in [-0.1, -0.05) is 97.1 Å². The molecule has 58 heavy (non-hydrogen) atoms. The number of hydrogen-bond acceptors (Lipinski definition) is 4. The number of benzene rings is 6. The first kappa shape index (κ1) is 41.6. The molecule has 2 aromatic heterocycles. The van der Waals surface area contributed by atoms with Crippen LogP contribution in [-0.2, 0) is 0 Å². The van der Waals surface area contributed by atoms with Gasteiger partial charge in [0, 0.05) is 46.5 Å². The van der Waals surface area contributed by atoms with Crippen LogP contribution in [0.5, 0.6) is 11.5 Å². The summed E-state index contributed by atoms with van der Waals surface area (Å²) in [6.07, 6.45) is 0. The minimum atomic E-state index is -3.17. The van der Waals surface area contributed by atoms with Crippen LogP contribution in [-0.4, -0.2) is 20.6 Å². The van der Waals surface area contributed by atoms with E-state index in [0.717, 1.165) is 11.5 Å². The zero-order valence-corrected chi connectivity index (χ0v) is 33.9. The second-order valence-corrected chi connectivity index (χ2v) is 15.0. The molecule has 0 unspecified atom stereocenters. The van der Waals surface area contributed by atoms with Crippen LogP contribution < -0.4 is 19.5 Å². The van der Waals surface area contributed by atoms with Crippen molar-refractivity contribution in [1.29, 1.82) is 0 Å². The molecule has 0 atom stereocenters. The molecule has 0 amide bonds. The molecule has 0 fully saturated rings. The van der Waals surface area contributed by atoms with Crippen LogP contribution in [0.4, 0.5) is 4.32 Å². The van der Waals surface area contributed by atoms with Crippen molar-refractivity contribution < 1.29 is 23.8 Å². The number of ether oxygens (including phenoxy) is 2. The lowest BCUT2D eigenvalue weighted by molar-refractivity contribution is -0.366. The summed E-state index contributed by atoms with van der Waals surface area (Å²) in [5.41, 5.74) is 9.83. The van der Waals surface area contributed by atoms with Gasteiger partial charge in [0.25, 0.3) is 0 Å². The highest BCUT2D eigenvalue weighted by molar-refractivity contribution is 7.18. The van der Waals surface area contributed by atoms with Gasteiger partial charge in [0.1, 0.15) is 18.9 Å². The van der Waals surface area contributed by atoms with Crippen LogP contribution in [0.25, 0.3) is 64.0 Å². The largest absolute Gasteiger partial charge is 0.867 e. The Bertz CT molecular complexity index is 2150. The average Bonchev–Trinajstić information content (AvgIpc) is 3.28. The van der Waals surface area contributed by atoms with Gasteiger partial charge in [0.05, 0.1) is 13.2 Å². The molecule has 288 valence electrons. The quantitative estimate of drug-likeness (QED) is 0.102. The first-order chi connectivity index (χ1) is 28.4. The van der Waals surface area contributed by atoms with E-state index >= 15 is 0 Å². The molecule has 0 bridgehead atoms. The Labute approximate surface area is 349 Å². The molecule has 4 nitrogen and oxygen atoms in total. The monoisotopic (exact) mass is 800 g/mol. The van der Waals surface area contributed by atoms with E-state index in [1.807, 2.05) is 60.8 Å². The normalized spacial score (nSPS) is 10.3. The molecule has 6 aromatic carbocycles. The van der Waals surface area contributed by atoms with Gasteiger partial charge in [-0.2, -0.15) is 0 Å². The fraction of sp³-hybridized carbons (Fsp3) is 0.0800. The summed E-state index contributed by atoms with van der Waals surface area (Å²) in [6.45, 7) is 5.38. The van der Waals surface area contributed by atoms with Crippen molar-refractivity contribution >= 4 is 30.1 Å². The summed E-state index contributed by atoms with van der Waals surface area (Å²) in [5.74, 6) is 1.82. The fourth-order valence-corrected chi connectivity index (χ4v) is 8.37. The maximum absolute atomic E-state index is 9.89. The highest BCUT2D eigenvalue weighted by Gasteiger charge is 2.21. The van der Waals surface area contributed by atoms with Gasteiger partial charge in [-0.15, -0.1) is 0 Å². The van der Waals surface area contributed by atoms with Gasteiger partial charge in [0.15, 0.2) is 0 Å². The standard InChI is InChI=1S/2C25H21OS.BFO2/c2*1-2-26-23-15-13-21(14-16-23)25-18-22(19-9-5-3-6-10-19)17-24(27-25)20-11-7-4-8-12-20;2-1(3)4/h2*3-18H,2H2,1H3;/q2*+1;-2. The summed E-state index contributed by atoms with van der Waals surface area (Å²) in [5, 5.41) is 16.6. The second kappa shape index (κ2) is 21.5. The Kier molecular flexibility index (Phi) is 15.4. The highest BCUT2D eigenvalue weighted by Crippen LogP contribution is 2.39. The lowest BCUT2D eigenvalue weighted by atomic mass is 10.0. The first-order valence-corrected chi connectivity index (χ1v) is 20.6. The van der Waals surface area contributed by atoms with Gasteiger partial charge in [0.2, 0.25) is 42.2 Å². The minimum absolute atomic E-state index is 0.684. The molecule has 0 N–H and O–H groups in total. The predicted octanol–water partition coefficient (Wildman–Crippen LogP) is 12.5. The molecule has 2 heterocycles. The van der Waals surface area contributed by atoms with Crippen LogP contribution in [0.1, 0.15) is 13.8 Å². The van der Waals surface area contributed by atoms with E-state index in [-0.39, 0.29) is 0 Å². The van der Waals surface area contributed by atoms with Crippen LogP contribution in [0.2, 0.25) is 0 Å². The third-order valence-corrected chi connectivity index (χ3v) is 11.1. The zero-order valence-electron chi connectivity index (χ0n) is 32.3. The van der Waals surface area contributed by atoms with Crippen molar-refractivity contribution in [3.63, 3.8) is 0 Å². The van der Waals surface area contributed by atoms with Crippen molar-refractivity contribution in [2.75, 3.05) is 13.2 Å². The molecule has 0 aliphatic rings.